The molecule has 1 aliphatic carbocycles. The van der Waals surface area contributed by atoms with Gasteiger partial charge in [0.25, 0.3) is 17.7 Å². The molecule has 0 atom stereocenters. The average Bonchev–Trinajstić information content (AvgIpc) is 3.65. The molecule has 1 fully saturated rings. The lowest BCUT2D eigenvalue weighted by atomic mass is 10.0. The van der Waals surface area contributed by atoms with Gasteiger partial charge in [-0.25, -0.2) is 0 Å². The Labute approximate surface area is 195 Å². The van der Waals surface area contributed by atoms with Crippen molar-refractivity contribution in [3.05, 3.63) is 71.8 Å². The number of ether oxygens (including phenoxy) is 1. The number of benzene rings is 3. The second-order valence-electron chi connectivity index (χ2n) is 7.93. The molecule has 1 saturated carbocycles. The van der Waals surface area contributed by atoms with Gasteiger partial charge in [0.2, 0.25) is 0 Å². The molecule has 1 aliphatic rings. The lowest BCUT2D eigenvalue weighted by Crippen LogP contribution is -2.30. The van der Waals surface area contributed by atoms with Crippen LogP contribution in [0.4, 0.5) is 5.69 Å². The van der Waals surface area contributed by atoms with Gasteiger partial charge in [0.05, 0.1) is 5.56 Å². The Morgan fingerprint density at radius 3 is 2.24 bits per heavy atom. The largest absolute Gasteiger partial charge is 0.483 e. The summed E-state index contributed by atoms with van der Waals surface area (Å²) in [5.74, 6) is -2.07. The van der Waals surface area contributed by atoms with Crippen molar-refractivity contribution >= 4 is 40.2 Å². The minimum Gasteiger partial charge on any atom is -0.483 e. The van der Waals surface area contributed by atoms with Crippen molar-refractivity contribution in [1.29, 1.82) is 0 Å². The topological polar surface area (TPSA) is 134 Å². The van der Waals surface area contributed by atoms with Crippen molar-refractivity contribution in [3.8, 4) is 5.75 Å². The number of carboxylic acid groups (broad SMARTS) is 1. The van der Waals surface area contributed by atoms with Crippen LogP contribution in [0.2, 0.25) is 0 Å². The van der Waals surface area contributed by atoms with E-state index in [9.17, 15) is 19.2 Å². The molecule has 0 aliphatic heterocycles. The van der Waals surface area contributed by atoms with E-state index in [2.05, 4.69) is 16.0 Å². The first kappa shape index (κ1) is 22.8. The van der Waals surface area contributed by atoms with E-state index in [0.29, 0.717) is 5.69 Å². The molecule has 3 aromatic rings. The molecule has 0 unspecified atom stereocenters. The molecule has 0 aromatic heterocycles. The number of hydrogen-bond donors (Lipinski definition) is 4. The van der Waals surface area contributed by atoms with Crippen LogP contribution in [0.3, 0.4) is 0 Å². The molecular formula is C25H23N3O6. The van der Waals surface area contributed by atoms with E-state index in [4.69, 9.17) is 9.84 Å². The van der Waals surface area contributed by atoms with Crippen LogP contribution in [-0.2, 0) is 9.59 Å². The van der Waals surface area contributed by atoms with E-state index in [0.717, 1.165) is 23.6 Å². The van der Waals surface area contributed by atoms with Crippen molar-refractivity contribution in [2.24, 2.45) is 0 Å². The van der Waals surface area contributed by atoms with Gasteiger partial charge in [-0.2, -0.15) is 0 Å². The molecule has 9 nitrogen and oxygen atoms in total. The van der Waals surface area contributed by atoms with Crippen molar-refractivity contribution in [2.45, 2.75) is 18.9 Å². The van der Waals surface area contributed by atoms with Gasteiger partial charge in [0.15, 0.2) is 6.61 Å². The minimum absolute atomic E-state index is 0.199. The van der Waals surface area contributed by atoms with Crippen LogP contribution in [0.1, 0.15) is 33.6 Å². The third-order valence-electron chi connectivity index (χ3n) is 5.20. The van der Waals surface area contributed by atoms with Crippen LogP contribution in [0, 0.1) is 0 Å². The summed E-state index contributed by atoms with van der Waals surface area (Å²) in [5.41, 5.74) is 0.960. The Kier molecular flexibility index (Phi) is 6.72. The van der Waals surface area contributed by atoms with Crippen molar-refractivity contribution in [3.63, 3.8) is 0 Å². The smallest absolute Gasteiger partial charge is 0.322 e. The zero-order valence-electron chi connectivity index (χ0n) is 18.2. The molecule has 3 amide bonds. The Bertz CT molecular complexity index is 1250. The summed E-state index contributed by atoms with van der Waals surface area (Å²) < 4.78 is 5.72. The zero-order chi connectivity index (χ0) is 24.1. The SMILES string of the molecule is O=C(O)CNC(=O)c1ccc(NC(=O)c2cc3ccccc3cc2OCC(=O)NC2CC2)cc1. The van der Waals surface area contributed by atoms with E-state index in [1.807, 2.05) is 24.3 Å². The van der Waals surface area contributed by atoms with Gasteiger partial charge in [-0.05, 0) is 60.0 Å². The molecule has 0 radical (unpaired) electrons. The second-order valence-corrected chi connectivity index (χ2v) is 7.93. The van der Waals surface area contributed by atoms with Gasteiger partial charge >= 0.3 is 5.97 Å². The summed E-state index contributed by atoms with van der Waals surface area (Å²) in [5, 5.41) is 18.3. The van der Waals surface area contributed by atoms with Crippen LogP contribution in [0.25, 0.3) is 10.8 Å². The van der Waals surface area contributed by atoms with Crippen LogP contribution in [0.15, 0.2) is 60.7 Å². The summed E-state index contributed by atoms with van der Waals surface area (Å²) in [6.07, 6.45) is 1.94. The number of nitrogens with one attached hydrogen (secondary N) is 3. The molecule has 4 N–H and O–H groups in total. The molecular weight excluding hydrogens is 438 g/mol. The maximum atomic E-state index is 13.1. The number of carbonyl (C=O) groups is 4. The predicted octanol–water partition coefficient (Wildman–Crippen LogP) is 2.56. The zero-order valence-corrected chi connectivity index (χ0v) is 18.2. The van der Waals surface area contributed by atoms with Crippen molar-refractivity contribution < 1.29 is 29.0 Å². The molecule has 0 spiro atoms. The number of amides is 3. The maximum absolute atomic E-state index is 13.1. The number of rotatable bonds is 9. The molecule has 0 bridgehead atoms. The van der Waals surface area contributed by atoms with Gasteiger partial charge in [-0.1, -0.05) is 24.3 Å². The summed E-state index contributed by atoms with van der Waals surface area (Å²) >= 11 is 0. The van der Waals surface area contributed by atoms with Crippen LogP contribution in [0.5, 0.6) is 5.75 Å². The van der Waals surface area contributed by atoms with E-state index in [1.165, 1.54) is 24.3 Å². The van der Waals surface area contributed by atoms with Crippen molar-refractivity contribution in [1.82, 2.24) is 10.6 Å². The first-order valence-corrected chi connectivity index (χ1v) is 10.8. The fourth-order valence-electron chi connectivity index (χ4n) is 3.32. The summed E-state index contributed by atoms with van der Waals surface area (Å²) in [4.78, 5) is 47.7. The standard InChI is InChI=1S/C25H23N3O6/c29-22(27-18-9-10-18)14-34-21-12-17-4-2-1-3-16(17)11-20(21)25(33)28-19-7-5-15(6-8-19)24(32)26-13-23(30)31/h1-8,11-12,18H,9-10,13-14H2,(H,26,32)(H,27,29)(H,28,33)(H,30,31). The molecule has 4 rings (SSSR count). The number of carbonyl (C=O) groups excluding carboxylic acids is 3. The number of carboxylic acids is 1. The highest BCUT2D eigenvalue weighted by molar-refractivity contribution is 6.09. The fraction of sp³-hybridized carbons (Fsp3) is 0.200. The van der Waals surface area contributed by atoms with Crippen LogP contribution < -0.4 is 20.7 Å². The number of fused-ring (bicyclic) bond motifs is 1. The van der Waals surface area contributed by atoms with E-state index in [1.54, 1.807) is 12.1 Å². The molecule has 9 heteroatoms. The van der Waals surface area contributed by atoms with E-state index >= 15 is 0 Å². The maximum Gasteiger partial charge on any atom is 0.322 e. The highest BCUT2D eigenvalue weighted by Gasteiger charge is 2.24. The molecule has 34 heavy (non-hydrogen) atoms. The second kappa shape index (κ2) is 10.0. The Morgan fingerprint density at radius 1 is 0.912 bits per heavy atom. The van der Waals surface area contributed by atoms with Crippen LogP contribution >= 0.6 is 0 Å². The van der Waals surface area contributed by atoms with E-state index < -0.39 is 24.3 Å². The lowest BCUT2D eigenvalue weighted by molar-refractivity contribution is -0.135. The first-order valence-electron chi connectivity index (χ1n) is 10.8. The van der Waals surface area contributed by atoms with Gasteiger partial charge < -0.3 is 25.8 Å². The summed E-state index contributed by atoms with van der Waals surface area (Å²) in [7, 11) is 0. The lowest BCUT2D eigenvalue weighted by Gasteiger charge is -2.14. The van der Waals surface area contributed by atoms with Crippen LogP contribution in [-0.4, -0.2) is 48.0 Å². The van der Waals surface area contributed by atoms with Gasteiger partial charge in [0.1, 0.15) is 12.3 Å². The fourth-order valence-corrected chi connectivity index (χ4v) is 3.32. The Balaban J connectivity index is 1.49. The van der Waals surface area contributed by atoms with Gasteiger partial charge in [0, 0.05) is 17.3 Å². The van der Waals surface area contributed by atoms with Gasteiger partial charge in [-0.3, -0.25) is 19.2 Å². The summed E-state index contributed by atoms with van der Waals surface area (Å²) in [6, 6.07) is 17.2. The van der Waals surface area contributed by atoms with E-state index in [-0.39, 0.29) is 35.4 Å². The third-order valence-corrected chi connectivity index (χ3v) is 5.20. The Hall–Kier alpha value is -4.40. The molecule has 3 aromatic carbocycles. The highest BCUT2D eigenvalue weighted by Crippen LogP contribution is 2.27. The van der Waals surface area contributed by atoms with Crippen molar-refractivity contribution in [2.75, 3.05) is 18.5 Å². The molecule has 0 heterocycles. The number of hydrogen-bond acceptors (Lipinski definition) is 5. The van der Waals surface area contributed by atoms with Gasteiger partial charge in [-0.15, -0.1) is 0 Å². The number of aliphatic carboxylic acids is 1. The predicted molar refractivity (Wildman–Crippen MR) is 125 cm³/mol. The molecule has 174 valence electrons. The highest BCUT2D eigenvalue weighted by atomic mass is 16.5. The molecule has 0 saturated heterocycles. The third kappa shape index (κ3) is 5.89. The first-order chi connectivity index (χ1) is 16.4. The minimum atomic E-state index is -1.14. The average molecular weight is 461 g/mol. The normalized spacial score (nSPS) is 12.6. The Morgan fingerprint density at radius 2 is 1.59 bits per heavy atom. The summed E-state index contributed by atoms with van der Waals surface area (Å²) in [6.45, 7) is -0.685. The monoisotopic (exact) mass is 461 g/mol. The number of anilines is 1. The quantitative estimate of drug-likeness (QED) is 0.387.